The van der Waals surface area contributed by atoms with Crippen LogP contribution in [0.1, 0.15) is 24.4 Å². The van der Waals surface area contributed by atoms with Crippen molar-refractivity contribution in [3.05, 3.63) is 35.9 Å². The van der Waals surface area contributed by atoms with Crippen molar-refractivity contribution in [3.63, 3.8) is 0 Å². The van der Waals surface area contributed by atoms with E-state index in [1.54, 1.807) is 7.11 Å². The Bertz CT molecular complexity index is 399. The third-order valence-electron chi connectivity index (χ3n) is 3.83. The van der Waals surface area contributed by atoms with E-state index < -0.39 is 5.97 Å². The fraction of sp³-hybridized carbons (Fsp3) is 0.533. The molecule has 0 bridgehead atoms. The van der Waals surface area contributed by atoms with Gasteiger partial charge in [-0.3, -0.25) is 9.69 Å². The van der Waals surface area contributed by atoms with Crippen molar-refractivity contribution in [2.24, 2.45) is 5.92 Å². The number of carbonyl (C=O) groups is 1. The van der Waals surface area contributed by atoms with Crippen molar-refractivity contribution in [1.29, 1.82) is 0 Å². The molecule has 19 heavy (non-hydrogen) atoms. The summed E-state index contributed by atoms with van der Waals surface area (Å²) < 4.78 is 5.33. The van der Waals surface area contributed by atoms with E-state index in [2.05, 4.69) is 17.0 Å². The van der Waals surface area contributed by atoms with E-state index in [1.165, 1.54) is 5.56 Å². The van der Waals surface area contributed by atoms with Crippen LogP contribution in [0, 0.1) is 5.92 Å². The molecule has 2 rings (SSSR count). The second-order valence-electron chi connectivity index (χ2n) is 5.03. The van der Waals surface area contributed by atoms with Crippen LogP contribution in [0.2, 0.25) is 0 Å². The van der Waals surface area contributed by atoms with Crippen molar-refractivity contribution >= 4 is 5.97 Å². The molecule has 1 aliphatic rings. The SMILES string of the molecule is COCC(c1ccccc1)N1CCC(C(=O)O)CC1. The van der Waals surface area contributed by atoms with Crippen LogP contribution in [-0.2, 0) is 9.53 Å². The standard InChI is InChI=1S/C15H21NO3/c1-19-11-14(12-5-3-2-4-6-12)16-9-7-13(8-10-16)15(17)18/h2-6,13-14H,7-11H2,1H3,(H,17,18). The predicted molar refractivity (Wildman–Crippen MR) is 73.0 cm³/mol. The molecule has 1 aromatic carbocycles. The molecule has 1 aliphatic heterocycles. The smallest absolute Gasteiger partial charge is 0.306 e. The van der Waals surface area contributed by atoms with Gasteiger partial charge in [-0.15, -0.1) is 0 Å². The Morgan fingerprint density at radius 1 is 1.37 bits per heavy atom. The van der Waals surface area contributed by atoms with Crippen LogP contribution < -0.4 is 0 Å². The Kier molecular flexibility index (Phi) is 4.93. The lowest BCUT2D eigenvalue weighted by atomic mass is 9.94. The van der Waals surface area contributed by atoms with Gasteiger partial charge in [0, 0.05) is 7.11 Å². The fourth-order valence-corrected chi connectivity index (χ4v) is 2.70. The number of carboxylic acid groups (broad SMARTS) is 1. The largest absolute Gasteiger partial charge is 0.481 e. The molecule has 4 nitrogen and oxygen atoms in total. The average molecular weight is 263 g/mol. The summed E-state index contributed by atoms with van der Waals surface area (Å²) in [6.07, 6.45) is 1.45. The number of benzene rings is 1. The van der Waals surface area contributed by atoms with Gasteiger partial charge in [-0.25, -0.2) is 0 Å². The van der Waals surface area contributed by atoms with Crippen LogP contribution in [0.3, 0.4) is 0 Å². The van der Waals surface area contributed by atoms with Crippen molar-refractivity contribution in [2.75, 3.05) is 26.8 Å². The predicted octanol–water partition coefficient (Wildman–Crippen LogP) is 2.17. The number of carboxylic acids is 1. The number of piperidine rings is 1. The van der Waals surface area contributed by atoms with Crippen LogP contribution in [0.25, 0.3) is 0 Å². The molecule has 0 aliphatic carbocycles. The number of rotatable bonds is 5. The highest BCUT2D eigenvalue weighted by atomic mass is 16.5. The van der Waals surface area contributed by atoms with E-state index >= 15 is 0 Å². The Balaban J connectivity index is 2.03. The van der Waals surface area contributed by atoms with Gasteiger partial charge < -0.3 is 9.84 Å². The van der Waals surface area contributed by atoms with Crippen molar-refractivity contribution in [2.45, 2.75) is 18.9 Å². The highest BCUT2D eigenvalue weighted by molar-refractivity contribution is 5.70. The third-order valence-corrected chi connectivity index (χ3v) is 3.83. The molecule has 0 spiro atoms. The summed E-state index contributed by atoms with van der Waals surface area (Å²) in [5.41, 5.74) is 1.23. The summed E-state index contributed by atoms with van der Waals surface area (Å²) in [7, 11) is 1.71. The molecule has 1 N–H and O–H groups in total. The second kappa shape index (κ2) is 6.68. The van der Waals surface area contributed by atoms with Gasteiger partial charge in [-0.1, -0.05) is 30.3 Å². The molecular formula is C15H21NO3. The zero-order chi connectivity index (χ0) is 13.7. The molecule has 1 heterocycles. The number of nitrogens with zero attached hydrogens (tertiary/aromatic N) is 1. The van der Waals surface area contributed by atoms with Crippen molar-refractivity contribution in [3.8, 4) is 0 Å². The molecule has 4 heteroatoms. The fourth-order valence-electron chi connectivity index (χ4n) is 2.70. The van der Waals surface area contributed by atoms with Crippen LogP contribution >= 0.6 is 0 Å². The number of methoxy groups -OCH3 is 1. The number of hydrogen-bond donors (Lipinski definition) is 1. The normalized spacial score (nSPS) is 19.2. The summed E-state index contributed by atoms with van der Waals surface area (Å²) in [5.74, 6) is -0.849. The first-order valence-electron chi connectivity index (χ1n) is 6.73. The zero-order valence-electron chi connectivity index (χ0n) is 11.3. The first-order chi connectivity index (χ1) is 9.22. The molecule has 1 atom stereocenters. The van der Waals surface area contributed by atoms with E-state index in [9.17, 15) is 4.79 Å². The van der Waals surface area contributed by atoms with Gasteiger partial charge in [0.25, 0.3) is 0 Å². The van der Waals surface area contributed by atoms with Crippen LogP contribution in [0.5, 0.6) is 0 Å². The summed E-state index contributed by atoms with van der Waals surface area (Å²) in [4.78, 5) is 13.3. The average Bonchev–Trinajstić information content (AvgIpc) is 2.46. The Morgan fingerprint density at radius 3 is 2.53 bits per heavy atom. The third kappa shape index (κ3) is 3.55. The number of aliphatic carboxylic acids is 1. The van der Waals surface area contributed by atoms with Crippen LogP contribution in [0.4, 0.5) is 0 Å². The van der Waals surface area contributed by atoms with Gasteiger partial charge in [0.1, 0.15) is 0 Å². The molecule has 104 valence electrons. The highest BCUT2D eigenvalue weighted by Crippen LogP contribution is 2.27. The Morgan fingerprint density at radius 2 is 2.00 bits per heavy atom. The summed E-state index contributed by atoms with van der Waals surface area (Å²) in [6.45, 7) is 2.28. The van der Waals surface area contributed by atoms with Gasteiger partial charge >= 0.3 is 5.97 Å². The number of likely N-dealkylation sites (tertiary alicyclic amines) is 1. The van der Waals surface area contributed by atoms with E-state index in [4.69, 9.17) is 9.84 Å². The Hall–Kier alpha value is -1.39. The van der Waals surface area contributed by atoms with Gasteiger partial charge in [0.2, 0.25) is 0 Å². The summed E-state index contributed by atoms with van der Waals surface area (Å²) in [6, 6.07) is 10.5. The zero-order valence-corrected chi connectivity index (χ0v) is 11.3. The number of ether oxygens (including phenoxy) is 1. The molecule has 0 aromatic heterocycles. The van der Waals surface area contributed by atoms with E-state index in [-0.39, 0.29) is 12.0 Å². The van der Waals surface area contributed by atoms with Crippen molar-refractivity contribution < 1.29 is 14.6 Å². The van der Waals surface area contributed by atoms with Crippen molar-refractivity contribution in [1.82, 2.24) is 4.90 Å². The minimum Gasteiger partial charge on any atom is -0.481 e. The lowest BCUT2D eigenvalue weighted by Gasteiger charge is -2.36. The molecule has 0 saturated carbocycles. The van der Waals surface area contributed by atoms with Gasteiger partial charge in [-0.05, 0) is 31.5 Å². The highest BCUT2D eigenvalue weighted by Gasteiger charge is 2.29. The minimum atomic E-state index is -0.664. The first kappa shape index (κ1) is 14.0. The topological polar surface area (TPSA) is 49.8 Å². The molecule has 1 unspecified atom stereocenters. The van der Waals surface area contributed by atoms with Gasteiger partial charge in [0.05, 0.1) is 18.6 Å². The number of hydrogen-bond acceptors (Lipinski definition) is 3. The van der Waals surface area contributed by atoms with Crippen LogP contribution in [0.15, 0.2) is 30.3 Å². The van der Waals surface area contributed by atoms with E-state index in [0.29, 0.717) is 6.61 Å². The maximum Gasteiger partial charge on any atom is 0.306 e. The quantitative estimate of drug-likeness (QED) is 0.884. The van der Waals surface area contributed by atoms with Gasteiger partial charge in [0.15, 0.2) is 0 Å². The maximum absolute atomic E-state index is 11.0. The minimum absolute atomic E-state index is 0.185. The monoisotopic (exact) mass is 263 g/mol. The molecule has 1 aromatic rings. The molecule has 1 fully saturated rings. The Labute approximate surface area is 114 Å². The second-order valence-corrected chi connectivity index (χ2v) is 5.03. The van der Waals surface area contributed by atoms with Crippen LogP contribution in [-0.4, -0.2) is 42.8 Å². The van der Waals surface area contributed by atoms with E-state index in [1.807, 2.05) is 18.2 Å². The lowest BCUT2D eigenvalue weighted by molar-refractivity contribution is -0.143. The maximum atomic E-state index is 11.0. The molecule has 0 radical (unpaired) electrons. The van der Waals surface area contributed by atoms with Gasteiger partial charge in [-0.2, -0.15) is 0 Å². The molecular weight excluding hydrogens is 242 g/mol. The first-order valence-corrected chi connectivity index (χ1v) is 6.73. The molecule has 1 saturated heterocycles. The lowest BCUT2D eigenvalue weighted by Crippen LogP contribution is -2.40. The summed E-state index contributed by atoms with van der Waals surface area (Å²) in [5, 5.41) is 9.04. The summed E-state index contributed by atoms with van der Waals surface area (Å²) >= 11 is 0. The van der Waals surface area contributed by atoms with E-state index in [0.717, 1.165) is 25.9 Å². The molecule has 0 amide bonds.